The lowest BCUT2D eigenvalue weighted by Crippen LogP contribution is -2.03. The first-order valence-electron chi connectivity index (χ1n) is 4.64. The van der Waals surface area contributed by atoms with Gasteiger partial charge in [-0.05, 0) is 23.8 Å². The molecule has 1 aromatic rings. The van der Waals surface area contributed by atoms with Crippen molar-refractivity contribution >= 4 is 0 Å². The molecule has 1 unspecified atom stereocenters. The van der Waals surface area contributed by atoms with Crippen LogP contribution in [0.1, 0.15) is 18.1 Å². The Bertz CT molecular complexity index is 381. The molecular formula is C11H10F2O2. The van der Waals surface area contributed by atoms with E-state index >= 15 is 0 Å². The lowest BCUT2D eigenvalue weighted by molar-refractivity contribution is 0.118. The lowest BCUT2D eigenvalue weighted by atomic mass is 10.1. The van der Waals surface area contributed by atoms with Crippen molar-refractivity contribution in [2.24, 2.45) is 0 Å². The summed E-state index contributed by atoms with van der Waals surface area (Å²) >= 11 is 0. The topological polar surface area (TPSA) is 29.5 Å². The molecule has 4 heteroatoms. The number of benzene rings is 1. The van der Waals surface area contributed by atoms with Crippen LogP contribution in [0.5, 0.6) is 0 Å². The number of aliphatic hydroxyl groups excluding tert-OH is 1. The molecule has 0 saturated heterocycles. The van der Waals surface area contributed by atoms with Crippen LogP contribution in [0.15, 0.2) is 30.0 Å². The van der Waals surface area contributed by atoms with Crippen LogP contribution in [0.3, 0.4) is 0 Å². The zero-order chi connectivity index (χ0) is 10.8. The maximum absolute atomic E-state index is 12.9. The van der Waals surface area contributed by atoms with Gasteiger partial charge < -0.3 is 9.84 Å². The van der Waals surface area contributed by atoms with Crippen molar-refractivity contribution < 1.29 is 18.6 Å². The summed E-state index contributed by atoms with van der Waals surface area (Å²) in [6.07, 6.45) is 1.34. The Morgan fingerprint density at radius 3 is 2.40 bits per heavy atom. The van der Waals surface area contributed by atoms with Crippen LogP contribution in [-0.2, 0) is 4.74 Å². The fourth-order valence-corrected chi connectivity index (χ4v) is 1.52. The van der Waals surface area contributed by atoms with Crippen molar-refractivity contribution in [3.63, 3.8) is 0 Å². The first-order chi connectivity index (χ1) is 7.16. The molecule has 1 aromatic carbocycles. The van der Waals surface area contributed by atoms with Crippen LogP contribution < -0.4 is 0 Å². The number of aliphatic hydroxyl groups is 1. The molecule has 2 rings (SSSR count). The predicted molar refractivity (Wildman–Crippen MR) is 50.0 cm³/mol. The molecule has 1 heterocycles. The third-order valence-corrected chi connectivity index (χ3v) is 2.20. The van der Waals surface area contributed by atoms with Gasteiger partial charge in [-0.2, -0.15) is 0 Å². The van der Waals surface area contributed by atoms with Gasteiger partial charge in [0.05, 0.1) is 6.61 Å². The largest absolute Gasteiger partial charge is 0.495 e. The van der Waals surface area contributed by atoms with Crippen LogP contribution in [0.25, 0.3) is 0 Å². The second-order valence-electron chi connectivity index (χ2n) is 3.35. The monoisotopic (exact) mass is 212 g/mol. The van der Waals surface area contributed by atoms with E-state index in [1.807, 2.05) is 0 Å². The molecule has 0 bridgehead atoms. The molecule has 2 nitrogen and oxygen atoms in total. The van der Waals surface area contributed by atoms with Crippen LogP contribution in [-0.4, -0.2) is 11.7 Å². The second kappa shape index (κ2) is 3.98. The normalized spacial score (nSPS) is 17.1. The molecule has 1 N–H and O–H groups in total. The molecule has 0 radical (unpaired) electrons. The highest BCUT2D eigenvalue weighted by Crippen LogP contribution is 2.27. The molecular weight excluding hydrogens is 202 g/mol. The molecule has 0 fully saturated rings. The SMILES string of the molecule is OC(C1=CCCO1)c1cc(F)cc(F)c1. The average Bonchev–Trinajstić information content (AvgIpc) is 2.67. The first-order valence-corrected chi connectivity index (χ1v) is 4.64. The highest BCUT2D eigenvalue weighted by molar-refractivity contribution is 5.26. The second-order valence-corrected chi connectivity index (χ2v) is 3.35. The molecule has 0 aliphatic carbocycles. The third-order valence-electron chi connectivity index (χ3n) is 2.20. The summed E-state index contributed by atoms with van der Waals surface area (Å²) in [5, 5.41) is 9.74. The van der Waals surface area contributed by atoms with Gasteiger partial charge in [0.25, 0.3) is 0 Å². The lowest BCUT2D eigenvalue weighted by Gasteiger charge is -2.12. The standard InChI is InChI=1S/C11H10F2O2/c12-8-4-7(5-9(13)6-8)11(14)10-2-1-3-15-10/h2,4-6,11,14H,1,3H2. The summed E-state index contributed by atoms with van der Waals surface area (Å²) < 4.78 is 30.8. The average molecular weight is 212 g/mol. The van der Waals surface area contributed by atoms with E-state index in [1.165, 1.54) is 0 Å². The summed E-state index contributed by atoms with van der Waals surface area (Å²) in [5.74, 6) is -1.05. The minimum Gasteiger partial charge on any atom is -0.495 e. The predicted octanol–water partition coefficient (Wildman–Crippen LogP) is 2.30. The Labute approximate surface area is 85.8 Å². The summed E-state index contributed by atoms with van der Waals surface area (Å²) in [6.45, 7) is 0.504. The van der Waals surface area contributed by atoms with E-state index in [9.17, 15) is 13.9 Å². The number of hydrogen-bond acceptors (Lipinski definition) is 2. The van der Waals surface area contributed by atoms with Gasteiger partial charge in [-0.3, -0.25) is 0 Å². The summed E-state index contributed by atoms with van der Waals surface area (Å²) in [7, 11) is 0. The molecule has 1 atom stereocenters. The minimum absolute atomic E-state index is 0.167. The van der Waals surface area contributed by atoms with Crippen molar-refractivity contribution in [3.05, 3.63) is 47.2 Å². The fraction of sp³-hybridized carbons (Fsp3) is 0.273. The fourth-order valence-electron chi connectivity index (χ4n) is 1.52. The molecule has 1 aliphatic heterocycles. The van der Waals surface area contributed by atoms with E-state index in [0.29, 0.717) is 18.8 Å². The van der Waals surface area contributed by atoms with Gasteiger partial charge >= 0.3 is 0 Å². The molecule has 15 heavy (non-hydrogen) atoms. The Morgan fingerprint density at radius 1 is 1.20 bits per heavy atom. The summed E-state index contributed by atoms with van der Waals surface area (Å²) in [4.78, 5) is 0. The van der Waals surface area contributed by atoms with Crippen LogP contribution >= 0.6 is 0 Å². The van der Waals surface area contributed by atoms with E-state index in [-0.39, 0.29) is 5.56 Å². The zero-order valence-electron chi connectivity index (χ0n) is 7.91. The number of hydrogen-bond donors (Lipinski definition) is 1. The third kappa shape index (κ3) is 2.15. The van der Waals surface area contributed by atoms with Crippen molar-refractivity contribution in [1.82, 2.24) is 0 Å². The van der Waals surface area contributed by atoms with Gasteiger partial charge in [-0.1, -0.05) is 0 Å². The van der Waals surface area contributed by atoms with Gasteiger partial charge in [0.1, 0.15) is 23.5 Å². The van der Waals surface area contributed by atoms with E-state index in [2.05, 4.69) is 0 Å². The minimum atomic E-state index is -1.09. The van der Waals surface area contributed by atoms with Gasteiger partial charge in [-0.15, -0.1) is 0 Å². The van der Waals surface area contributed by atoms with Crippen LogP contribution in [0.2, 0.25) is 0 Å². The van der Waals surface area contributed by atoms with Crippen LogP contribution in [0, 0.1) is 11.6 Å². The number of halogens is 2. The molecule has 0 saturated carbocycles. The maximum atomic E-state index is 12.9. The summed E-state index contributed by atoms with van der Waals surface area (Å²) in [6, 6.07) is 2.95. The Morgan fingerprint density at radius 2 is 1.87 bits per heavy atom. The van der Waals surface area contributed by atoms with E-state index in [0.717, 1.165) is 18.2 Å². The van der Waals surface area contributed by atoms with Crippen molar-refractivity contribution in [2.45, 2.75) is 12.5 Å². The van der Waals surface area contributed by atoms with Crippen molar-refractivity contribution in [2.75, 3.05) is 6.61 Å². The van der Waals surface area contributed by atoms with Crippen molar-refractivity contribution in [3.8, 4) is 0 Å². The molecule has 0 spiro atoms. The molecule has 0 amide bonds. The zero-order valence-corrected chi connectivity index (χ0v) is 7.91. The van der Waals surface area contributed by atoms with Crippen LogP contribution in [0.4, 0.5) is 8.78 Å². The van der Waals surface area contributed by atoms with Gasteiger partial charge in [0, 0.05) is 12.5 Å². The Hall–Kier alpha value is -1.42. The van der Waals surface area contributed by atoms with Crippen molar-refractivity contribution in [1.29, 1.82) is 0 Å². The quantitative estimate of drug-likeness (QED) is 0.815. The first kappa shape index (κ1) is 10.1. The molecule has 0 aromatic heterocycles. The van der Waals surface area contributed by atoms with Gasteiger partial charge in [-0.25, -0.2) is 8.78 Å². The smallest absolute Gasteiger partial charge is 0.136 e. The van der Waals surface area contributed by atoms with E-state index < -0.39 is 17.7 Å². The Balaban J connectivity index is 2.28. The Kier molecular flexibility index (Phi) is 2.68. The van der Waals surface area contributed by atoms with E-state index in [4.69, 9.17) is 4.74 Å². The maximum Gasteiger partial charge on any atom is 0.136 e. The van der Waals surface area contributed by atoms with E-state index in [1.54, 1.807) is 6.08 Å². The highest BCUT2D eigenvalue weighted by Gasteiger charge is 2.19. The number of ether oxygens (including phenoxy) is 1. The molecule has 1 aliphatic rings. The van der Waals surface area contributed by atoms with Gasteiger partial charge in [0.2, 0.25) is 0 Å². The van der Waals surface area contributed by atoms with Gasteiger partial charge in [0.15, 0.2) is 0 Å². The highest BCUT2D eigenvalue weighted by atomic mass is 19.1. The summed E-state index contributed by atoms with van der Waals surface area (Å²) in [5.41, 5.74) is 0.167. The number of rotatable bonds is 2. The molecule has 80 valence electrons.